The van der Waals surface area contributed by atoms with E-state index in [2.05, 4.69) is 44.1 Å². The van der Waals surface area contributed by atoms with Gasteiger partial charge in [-0.3, -0.25) is 19.2 Å². The first kappa shape index (κ1) is 42.3. The lowest BCUT2D eigenvalue weighted by molar-refractivity contribution is -0.310. The molecule has 3 aliphatic heterocycles. The van der Waals surface area contributed by atoms with Crippen LogP contribution in [0.2, 0.25) is 0 Å². The fourth-order valence-electron chi connectivity index (χ4n) is 12.9. The molecule has 0 bridgehead atoms. The molecule has 59 heavy (non-hydrogen) atoms. The molecule has 4 aliphatic carbocycles. The minimum Gasteiger partial charge on any atom is -0.463 e. The van der Waals surface area contributed by atoms with Crippen molar-refractivity contribution in [3.05, 3.63) is 23.5 Å². The van der Waals surface area contributed by atoms with E-state index in [1.54, 1.807) is 0 Å². The molecule has 0 amide bonds. The molecule has 15 nitrogen and oxygen atoms in total. The number of hydrogen-bond donors (Lipinski definition) is 0. The van der Waals surface area contributed by atoms with E-state index in [4.69, 9.17) is 37.9 Å². The van der Waals surface area contributed by atoms with Gasteiger partial charge in [-0.05, 0) is 91.8 Å². The van der Waals surface area contributed by atoms with Crippen LogP contribution in [-0.2, 0) is 63.7 Å². The summed E-state index contributed by atoms with van der Waals surface area (Å²) in [6.45, 7) is 15.0. The molecular formula is C44H63N3O12. The molecule has 4 heterocycles. The summed E-state index contributed by atoms with van der Waals surface area (Å²) in [5.74, 6) is 0.443. The molecule has 0 N–H and O–H groups in total. The Bertz CT molecular complexity index is 1810. The summed E-state index contributed by atoms with van der Waals surface area (Å²) in [6, 6.07) is 0.140. The van der Waals surface area contributed by atoms with E-state index < -0.39 is 54.6 Å². The molecule has 326 valence electrons. The summed E-state index contributed by atoms with van der Waals surface area (Å²) in [4.78, 5) is 48.3. The second kappa shape index (κ2) is 16.1. The molecule has 1 aromatic heterocycles. The maximum Gasteiger partial charge on any atom is 0.303 e. The molecule has 1 aromatic rings. The standard InChI is InChI=1S/C44H63N3O12/c1-23-11-16-44(54-20-23)24(2)37-35(59-44)18-34-32-10-9-29-17-31(12-14-42(29,7)33(32)13-15-43(34,37)8)47-19-30(45-46-47)21-53-41-40(57-28(6)51)39(56-27(5)50)38(55-26(4)49)36(58-41)22-52-25(3)48/h9,19,23-24,31-41H,10-18,20-22H2,1-8H3/t23?,24-,31-,32+,33-,34-,35?,36?,37-,38?,39?,40?,41?,42-,43-,44?/m0/s1. The van der Waals surface area contributed by atoms with Gasteiger partial charge in [-0.25, -0.2) is 4.68 Å². The zero-order chi connectivity index (χ0) is 42.0. The van der Waals surface area contributed by atoms with Gasteiger partial charge in [0.2, 0.25) is 0 Å². The fourth-order valence-corrected chi connectivity index (χ4v) is 12.9. The summed E-state index contributed by atoms with van der Waals surface area (Å²) in [5.41, 5.74) is 2.48. The topological polar surface area (TPSA) is 173 Å². The van der Waals surface area contributed by atoms with E-state index in [0.717, 1.165) is 45.1 Å². The number of nitrogens with zero attached hydrogens (tertiary/aromatic N) is 3. The van der Waals surface area contributed by atoms with E-state index in [1.807, 2.05) is 10.9 Å². The number of hydrogen-bond acceptors (Lipinski definition) is 14. The lowest BCUT2D eigenvalue weighted by atomic mass is 9.46. The molecule has 1 spiro atoms. The highest BCUT2D eigenvalue weighted by atomic mass is 16.7. The minimum atomic E-state index is -1.31. The maximum atomic E-state index is 12.3. The zero-order valence-electron chi connectivity index (χ0n) is 35.9. The van der Waals surface area contributed by atoms with E-state index in [0.29, 0.717) is 47.3 Å². The third kappa shape index (κ3) is 7.75. The second-order valence-electron chi connectivity index (χ2n) is 19.2. The van der Waals surface area contributed by atoms with Gasteiger partial charge in [0.15, 0.2) is 30.4 Å². The minimum absolute atomic E-state index is 0.0819. The molecule has 0 aromatic carbocycles. The van der Waals surface area contributed by atoms with E-state index in [-0.39, 0.29) is 35.9 Å². The summed E-state index contributed by atoms with van der Waals surface area (Å²) in [7, 11) is 0. The van der Waals surface area contributed by atoms with Crippen molar-refractivity contribution in [2.24, 2.45) is 46.3 Å². The average molecular weight is 826 g/mol. The SMILES string of the molecule is CC(=O)OCC1OC(OCc2cn([C@H]3CC[C@@]4(C)C(=CC[C@H]5[C@@H]6CC7OC8(CCC(C)CO8)[C@@H](C)[C@@H]7[C@@]6(C)CC[C@@H]54)C3)nn2)C(OC(C)=O)C(OC(C)=O)C1OC(C)=O. The summed E-state index contributed by atoms with van der Waals surface area (Å²) in [6.07, 6.45) is 8.37. The van der Waals surface area contributed by atoms with E-state index >= 15 is 0 Å². The Kier molecular flexibility index (Phi) is 11.6. The Balaban J connectivity index is 0.935. The Morgan fingerprint density at radius 2 is 1.61 bits per heavy atom. The van der Waals surface area contributed by atoms with Gasteiger partial charge < -0.3 is 37.9 Å². The van der Waals surface area contributed by atoms with Gasteiger partial charge >= 0.3 is 23.9 Å². The average Bonchev–Trinajstić information content (AvgIpc) is 3.84. The third-order valence-electron chi connectivity index (χ3n) is 15.6. The van der Waals surface area contributed by atoms with E-state index in [1.165, 1.54) is 52.5 Å². The Morgan fingerprint density at radius 1 is 0.881 bits per heavy atom. The lowest BCUT2D eigenvalue weighted by Gasteiger charge is -2.58. The maximum absolute atomic E-state index is 12.3. The monoisotopic (exact) mass is 825 g/mol. The third-order valence-corrected chi connectivity index (χ3v) is 15.6. The Hall–Kier alpha value is -3.40. The van der Waals surface area contributed by atoms with Gasteiger partial charge in [0.05, 0.1) is 31.6 Å². The molecule has 15 heteroatoms. The number of carbonyl (C=O) groups excluding carboxylic acids is 4. The number of ether oxygens (including phenoxy) is 8. The van der Waals surface area contributed by atoms with Crippen molar-refractivity contribution in [2.75, 3.05) is 13.2 Å². The van der Waals surface area contributed by atoms with Crippen LogP contribution in [0.3, 0.4) is 0 Å². The van der Waals surface area contributed by atoms with Crippen molar-refractivity contribution in [3.63, 3.8) is 0 Å². The van der Waals surface area contributed by atoms with Gasteiger partial charge in [0.25, 0.3) is 0 Å². The van der Waals surface area contributed by atoms with E-state index in [9.17, 15) is 19.2 Å². The van der Waals surface area contributed by atoms with Crippen molar-refractivity contribution in [1.29, 1.82) is 0 Å². The molecule has 8 rings (SSSR count). The van der Waals surface area contributed by atoms with Gasteiger partial charge in [0.1, 0.15) is 18.4 Å². The first-order chi connectivity index (χ1) is 28.0. The quantitative estimate of drug-likeness (QED) is 0.167. The van der Waals surface area contributed by atoms with Crippen molar-refractivity contribution < 1.29 is 57.1 Å². The number of allylic oxidation sites excluding steroid dienone is 2. The van der Waals surface area contributed by atoms with Crippen molar-refractivity contribution >= 4 is 23.9 Å². The van der Waals surface area contributed by atoms with Gasteiger partial charge in [-0.1, -0.05) is 44.6 Å². The van der Waals surface area contributed by atoms with Crippen LogP contribution in [0, 0.1) is 46.3 Å². The fraction of sp³-hybridized carbons (Fsp3) is 0.818. The van der Waals surface area contributed by atoms with Gasteiger partial charge in [0, 0.05) is 40.0 Å². The molecule has 0 radical (unpaired) electrons. The van der Waals surface area contributed by atoms with Crippen molar-refractivity contribution in [3.8, 4) is 0 Å². The normalized spacial score (nSPS) is 43.7. The first-order valence-corrected chi connectivity index (χ1v) is 21.9. The lowest BCUT2D eigenvalue weighted by Crippen LogP contribution is -2.62. The van der Waals surface area contributed by atoms with Crippen LogP contribution in [0.25, 0.3) is 0 Å². The summed E-state index contributed by atoms with van der Waals surface area (Å²) < 4.78 is 49.4. The largest absolute Gasteiger partial charge is 0.463 e. The molecular weight excluding hydrogens is 762 g/mol. The van der Waals surface area contributed by atoms with Crippen LogP contribution in [-0.4, -0.2) is 94.7 Å². The smallest absolute Gasteiger partial charge is 0.303 e. The van der Waals surface area contributed by atoms with Crippen LogP contribution in [0.5, 0.6) is 0 Å². The first-order valence-electron chi connectivity index (χ1n) is 21.9. The van der Waals surface area contributed by atoms with Crippen molar-refractivity contribution in [1.82, 2.24) is 15.0 Å². The summed E-state index contributed by atoms with van der Waals surface area (Å²) >= 11 is 0. The number of carbonyl (C=O) groups is 4. The van der Waals surface area contributed by atoms with Crippen LogP contribution >= 0.6 is 0 Å². The zero-order valence-corrected chi connectivity index (χ0v) is 35.9. The number of fused-ring (bicyclic) bond motifs is 7. The number of aromatic nitrogens is 3. The van der Waals surface area contributed by atoms with Gasteiger partial charge in [-0.15, -0.1) is 5.10 Å². The van der Waals surface area contributed by atoms with Crippen LogP contribution in [0.1, 0.15) is 125 Å². The molecule has 3 saturated carbocycles. The predicted molar refractivity (Wildman–Crippen MR) is 207 cm³/mol. The number of rotatable bonds is 9. The highest BCUT2D eigenvalue weighted by molar-refractivity contribution is 5.68. The predicted octanol–water partition coefficient (Wildman–Crippen LogP) is 5.79. The van der Waals surface area contributed by atoms with Gasteiger partial charge in [-0.2, -0.15) is 0 Å². The molecule has 16 atom stereocenters. The number of esters is 4. The molecule has 7 aliphatic rings. The second-order valence-corrected chi connectivity index (χ2v) is 19.2. The summed E-state index contributed by atoms with van der Waals surface area (Å²) in [5, 5.41) is 8.96. The Labute approximate surface area is 346 Å². The molecule has 8 unspecified atom stereocenters. The van der Waals surface area contributed by atoms with Crippen molar-refractivity contribution in [2.45, 2.75) is 168 Å². The molecule has 3 saturated heterocycles. The highest BCUT2D eigenvalue weighted by Gasteiger charge is 2.68. The van der Waals surface area contributed by atoms with Crippen LogP contribution in [0.4, 0.5) is 0 Å². The van der Waals surface area contributed by atoms with Crippen LogP contribution < -0.4 is 0 Å². The Morgan fingerprint density at radius 3 is 2.31 bits per heavy atom. The molecule has 6 fully saturated rings. The van der Waals surface area contributed by atoms with Crippen LogP contribution in [0.15, 0.2) is 17.8 Å². The highest BCUT2D eigenvalue weighted by Crippen LogP contribution is 2.71.